The first-order chi connectivity index (χ1) is 14.1. The summed E-state index contributed by atoms with van der Waals surface area (Å²) in [5, 5.41) is 4.58. The van der Waals surface area contributed by atoms with Gasteiger partial charge in [0.05, 0.1) is 12.2 Å². The van der Waals surface area contributed by atoms with E-state index >= 15 is 0 Å². The fourth-order valence-corrected chi connectivity index (χ4v) is 3.83. The first kappa shape index (κ1) is 19.2. The minimum Gasteiger partial charge on any atom is -0.334 e. The molecule has 0 aliphatic heterocycles. The van der Waals surface area contributed by atoms with Crippen molar-refractivity contribution >= 4 is 5.91 Å². The van der Waals surface area contributed by atoms with Crippen LogP contribution < -0.4 is 0 Å². The highest BCUT2D eigenvalue weighted by molar-refractivity contribution is 5.94. The number of hydrogen-bond acceptors (Lipinski definition) is 3. The third-order valence-corrected chi connectivity index (χ3v) is 5.38. The minimum atomic E-state index is -1.00. The Morgan fingerprint density at radius 3 is 2.55 bits per heavy atom. The van der Waals surface area contributed by atoms with Gasteiger partial charge >= 0.3 is 0 Å². The van der Waals surface area contributed by atoms with Crippen LogP contribution in [0, 0.1) is 11.6 Å². The van der Waals surface area contributed by atoms with Gasteiger partial charge < -0.3 is 4.90 Å². The van der Waals surface area contributed by atoms with Crippen molar-refractivity contribution in [2.75, 3.05) is 6.54 Å². The van der Waals surface area contributed by atoms with Crippen LogP contribution in [0.15, 0.2) is 55.0 Å². The molecule has 0 spiro atoms. The average Bonchev–Trinajstić information content (AvgIpc) is 3.43. The number of nitrogens with zero attached hydrogens (tertiary/aromatic N) is 4. The topological polar surface area (TPSA) is 51.0 Å². The maximum atomic E-state index is 13.6. The molecule has 2 heterocycles. The van der Waals surface area contributed by atoms with Gasteiger partial charge in [0.1, 0.15) is 0 Å². The second-order valence-electron chi connectivity index (χ2n) is 7.27. The summed E-state index contributed by atoms with van der Waals surface area (Å²) in [5.41, 5.74) is 1.99. The van der Waals surface area contributed by atoms with Crippen LogP contribution in [0.4, 0.5) is 8.78 Å². The zero-order valence-electron chi connectivity index (χ0n) is 16.0. The molecule has 0 unspecified atom stereocenters. The number of carbonyl (C=O) groups excluding carboxylic acids is 1. The van der Waals surface area contributed by atoms with E-state index in [1.165, 1.54) is 6.07 Å². The number of aromatic nitrogens is 3. The van der Waals surface area contributed by atoms with Crippen LogP contribution in [0.3, 0.4) is 0 Å². The number of pyridine rings is 1. The molecule has 7 heteroatoms. The molecule has 0 saturated heterocycles. The van der Waals surface area contributed by atoms with E-state index < -0.39 is 11.6 Å². The van der Waals surface area contributed by atoms with E-state index in [1.807, 2.05) is 24.4 Å². The molecule has 0 bridgehead atoms. The molecule has 1 saturated carbocycles. The SMILES string of the molecule is O=C(c1ccc(F)c(F)c1)N(CCn1ccc(-c2ccncc2)n1)C1CCCC1. The summed E-state index contributed by atoms with van der Waals surface area (Å²) in [7, 11) is 0. The zero-order chi connectivity index (χ0) is 20.2. The Morgan fingerprint density at radius 2 is 1.83 bits per heavy atom. The van der Waals surface area contributed by atoms with Crippen molar-refractivity contribution in [2.45, 2.75) is 38.3 Å². The summed E-state index contributed by atoms with van der Waals surface area (Å²) >= 11 is 0. The van der Waals surface area contributed by atoms with E-state index in [9.17, 15) is 13.6 Å². The van der Waals surface area contributed by atoms with E-state index in [2.05, 4.69) is 10.1 Å². The van der Waals surface area contributed by atoms with Crippen molar-refractivity contribution < 1.29 is 13.6 Å². The Morgan fingerprint density at radius 1 is 1.07 bits per heavy atom. The Bertz CT molecular complexity index is 983. The summed E-state index contributed by atoms with van der Waals surface area (Å²) in [5.74, 6) is -2.22. The molecule has 29 heavy (non-hydrogen) atoms. The lowest BCUT2D eigenvalue weighted by Crippen LogP contribution is -2.41. The van der Waals surface area contributed by atoms with Crippen LogP contribution >= 0.6 is 0 Å². The lowest BCUT2D eigenvalue weighted by molar-refractivity contribution is 0.0671. The van der Waals surface area contributed by atoms with Crippen molar-refractivity contribution in [3.05, 3.63) is 72.2 Å². The Labute approximate surface area is 168 Å². The second-order valence-corrected chi connectivity index (χ2v) is 7.27. The van der Waals surface area contributed by atoms with Gasteiger partial charge in [-0.2, -0.15) is 5.10 Å². The van der Waals surface area contributed by atoms with Crippen LogP contribution in [0.2, 0.25) is 0 Å². The van der Waals surface area contributed by atoms with Gasteiger partial charge in [-0.25, -0.2) is 8.78 Å². The van der Waals surface area contributed by atoms with Crippen molar-refractivity contribution in [3.8, 4) is 11.3 Å². The molecule has 1 aliphatic carbocycles. The standard InChI is InChI=1S/C22H22F2N4O/c23-19-6-5-17(15-20(19)24)22(29)28(18-3-1-2-4-18)14-13-27-12-9-21(26-27)16-7-10-25-11-8-16/h5-12,15,18H,1-4,13-14H2. The van der Waals surface area contributed by atoms with Gasteiger partial charge in [-0.05, 0) is 49.2 Å². The molecule has 1 aromatic carbocycles. The number of amides is 1. The van der Waals surface area contributed by atoms with Gasteiger partial charge in [0, 0.05) is 42.3 Å². The molecule has 5 nitrogen and oxygen atoms in total. The molecule has 1 amide bonds. The molecule has 1 aliphatic rings. The fraction of sp³-hybridized carbons (Fsp3) is 0.318. The molecule has 3 aromatic rings. The third kappa shape index (κ3) is 4.34. The number of rotatable bonds is 6. The molecule has 4 rings (SSSR count). The fourth-order valence-electron chi connectivity index (χ4n) is 3.83. The molecular formula is C22H22F2N4O. The normalized spacial score (nSPS) is 14.3. The molecule has 150 valence electrons. The predicted octanol–water partition coefficient (Wildman–Crippen LogP) is 4.31. The average molecular weight is 396 g/mol. The quantitative estimate of drug-likeness (QED) is 0.624. The van der Waals surface area contributed by atoms with E-state index in [-0.39, 0.29) is 17.5 Å². The van der Waals surface area contributed by atoms with E-state index in [0.717, 1.165) is 49.1 Å². The van der Waals surface area contributed by atoms with Crippen molar-refractivity contribution in [1.29, 1.82) is 0 Å². The first-order valence-corrected chi connectivity index (χ1v) is 9.82. The third-order valence-electron chi connectivity index (χ3n) is 5.38. The Hall–Kier alpha value is -3.09. The van der Waals surface area contributed by atoms with E-state index in [4.69, 9.17) is 0 Å². The lowest BCUT2D eigenvalue weighted by Gasteiger charge is -2.29. The molecule has 0 N–H and O–H groups in total. The Balaban J connectivity index is 1.50. The van der Waals surface area contributed by atoms with Crippen LogP contribution in [0.25, 0.3) is 11.3 Å². The summed E-state index contributed by atoms with van der Waals surface area (Å²) in [4.78, 5) is 18.8. The van der Waals surface area contributed by atoms with Crippen molar-refractivity contribution in [1.82, 2.24) is 19.7 Å². The van der Waals surface area contributed by atoms with E-state index in [1.54, 1.807) is 22.0 Å². The molecular weight excluding hydrogens is 374 g/mol. The summed E-state index contributed by atoms with van der Waals surface area (Å²) < 4.78 is 28.7. The lowest BCUT2D eigenvalue weighted by atomic mass is 10.1. The van der Waals surface area contributed by atoms with Gasteiger partial charge in [0.2, 0.25) is 0 Å². The summed E-state index contributed by atoms with van der Waals surface area (Å²) in [6, 6.07) is 9.16. The maximum Gasteiger partial charge on any atom is 0.254 e. The van der Waals surface area contributed by atoms with Gasteiger partial charge in [0.25, 0.3) is 5.91 Å². The smallest absolute Gasteiger partial charge is 0.254 e. The van der Waals surface area contributed by atoms with Crippen molar-refractivity contribution in [3.63, 3.8) is 0 Å². The molecule has 2 aromatic heterocycles. The van der Waals surface area contributed by atoms with Gasteiger partial charge in [0.15, 0.2) is 11.6 Å². The highest BCUT2D eigenvalue weighted by Crippen LogP contribution is 2.25. The predicted molar refractivity (Wildman–Crippen MR) is 105 cm³/mol. The van der Waals surface area contributed by atoms with Crippen LogP contribution in [0.1, 0.15) is 36.0 Å². The molecule has 1 fully saturated rings. The zero-order valence-corrected chi connectivity index (χ0v) is 16.0. The highest BCUT2D eigenvalue weighted by Gasteiger charge is 2.27. The van der Waals surface area contributed by atoms with E-state index in [0.29, 0.717) is 13.1 Å². The van der Waals surface area contributed by atoms with Crippen molar-refractivity contribution in [2.24, 2.45) is 0 Å². The van der Waals surface area contributed by atoms with Crippen LogP contribution in [-0.4, -0.2) is 38.2 Å². The Kier molecular flexibility index (Phi) is 5.64. The first-order valence-electron chi connectivity index (χ1n) is 9.82. The number of carbonyl (C=O) groups is 1. The number of hydrogen-bond donors (Lipinski definition) is 0. The van der Waals surface area contributed by atoms with Gasteiger partial charge in [-0.15, -0.1) is 0 Å². The maximum absolute atomic E-state index is 13.6. The second kappa shape index (κ2) is 8.51. The molecule has 0 radical (unpaired) electrons. The summed E-state index contributed by atoms with van der Waals surface area (Å²) in [6.45, 7) is 0.983. The largest absolute Gasteiger partial charge is 0.334 e. The monoisotopic (exact) mass is 396 g/mol. The minimum absolute atomic E-state index is 0.117. The van der Waals surface area contributed by atoms with Gasteiger partial charge in [-0.1, -0.05) is 12.8 Å². The highest BCUT2D eigenvalue weighted by atomic mass is 19.2. The van der Waals surface area contributed by atoms with Gasteiger partial charge in [-0.3, -0.25) is 14.5 Å². The number of halogens is 2. The van der Waals surface area contributed by atoms with Crippen LogP contribution in [0.5, 0.6) is 0 Å². The molecule has 0 atom stereocenters. The summed E-state index contributed by atoms with van der Waals surface area (Å²) in [6.07, 6.45) is 9.31. The number of benzene rings is 1. The van der Waals surface area contributed by atoms with Crippen LogP contribution in [-0.2, 0) is 6.54 Å².